The molecule has 0 radical (unpaired) electrons. The summed E-state index contributed by atoms with van der Waals surface area (Å²) in [6, 6.07) is 8.14. The normalized spacial score (nSPS) is 25.2. The summed E-state index contributed by atoms with van der Waals surface area (Å²) in [5, 5.41) is 3.44. The molecule has 26 heavy (non-hydrogen) atoms. The molecule has 3 rings (SSSR count). The number of nitrogens with one attached hydrogen (secondary N) is 1. The first-order chi connectivity index (χ1) is 12.7. The maximum Gasteiger partial charge on any atom is 0.193 e. The Labute approximate surface area is 156 Å². The largest absolute Gasteiger partial charge is 0.489 e. The number of guanidine groups is 1. The summed E-state index contributed by atoms with van der Waals surface area (Å²) in [6.45, 7) is 8.06. The van der Waals surface area contributed by atoms with Gasteiger partial charge in [-0.15, -0.1) is 0 Å². The highest BCUT2D eigenvalue weighted by Gasteiger charge is 2.32. The number of benzene rings is 1. The minimum atomic E-state index is 0.0458. The van der Waals surface area contributed by atoms with Gasteiger partial charge in [-0.2, -0.15) is 0 Å². The number of morpholine rings is 1. The van der Waals surface area contributed by atoms with Crippen LogP contribution in [0, 0.1) is 6.92 Å². The fourth-order valence-corrected chi connectivity index (χ4v) is 3.45. The molecule has 1 aromatic rings. The van der Waals surface area contributed by atoms with Gasteiger partial charge in [0.25, 0.3) is 0 Å². The van der Waals surface area contributed by atoms with Gasteiger partial charge in [-0.05, 0) is 38.8 Å². The Morgan fingerprint density at radius 1 is 1.27 bits per heavy atom. The van der Waals surface area contributed by atoms with Gasteiger partial charge in [0.1, 0.15) is 18.0 Å². The van der Waals surface area contributed by atoms with Crippen LogP contribution < -0.4 is 10.1 Å². The van der Waals surface area contributed by atoms with Gasteiger partial charge in [0.2, 0.25) is 0 Å². The number of aliphatic imine (C=N–C) groups is 1. The van der Waals surface area contributed by atoms with Crippen LogP contribution in [0.4, 0.5) is 0 Å². The van der Waals surface area contributed by atoms with Crippen molar-refractivity contribution < 1.29 is 14.2 Å². The highest BCUT2D eigenvalue weighted by molar-refractivity contribution is 5.80. The minimum Gasteiger partial charge on any atom is -0.489 e. The zero-order valence-corrected chi connectivity index (χ0v) is 16.1. The van der Waals surface area contributed by atoms with E-state index in [2.05, 4.69) is 41.2 Å². The Morgan fingerprint density at radius 2 is 2.04 bits per heavy atom. The molecule has 0 amide bonds. The van der Waals surface area contributed by atoms with E-state index in [1.165, 1.54) is 5.56 Å². The number of ether oxygens (including phenoxy) is 3. The first-order valence-corrected chi connectivity index (χ1v) is 9.58. The van der Waals surface area contributed by atoms with Crippen molar-refractivity contribution in [3.8, 4) is 5.75 Å². The first-order valence-electron chi connectivity index (χ1n) is 9.58. The molecule has 144 valence electrons. The van der Waals surface area contributed by atoms with Gasteiger partial charge in [-0.1, -0.05) is 17.7 Å². The van der Waals surface area contributed by atoms with Crippen LogP contribution in [0.25, 0.3) is 0 Å². The molecule has 0 bridgehead atoms. The summed E-state index contributed by atoms with van der Waals surface area (Å²) in [4.78, 5) is 6.70. The Hall–Kier alpha value is -1.79. The standard InChI is InChI=1S/C20H31N3O3/c1-15-6-8-17(9-7-15)26-16(2)13-22-20(21-3)23-10-12-25-19(14-23)18-5-4-11-24-18/h6-9,16,18-19H,4-5,10-14H2,1-3H3,(H,21,22). The van der Waals surface area contributed by atoms with Crippen molar-refractivity contribution in [3.63, 3.8) is 0 Å². The first kappa shape index (κ1) is 19.0. The van der Waals surface area contributed by atoms with Crippen LogP contribution in [-0.2, 0) is 9.47 Å². The molecule has 0 saturated carbocycles. The number of rotatable bonds is 5. The summed E-state index contributed by atoms with van der Waals surface area (Å²) in [5.41, 5.74) is 1.23. The van der Waals surface area contributed by atoms with E-state index in [-0.39, 0.29) is 18.3 Å². The predicted molar refractivity (Wildman–Crippen MR) is 103 cm³/mol. The molecule has 6 heteroatoms. The SMILES string of the molecule is CN=C(NCC(C)Oc1ccc(C)cc1)N1CCOC(C2CCCO2)C1. The second kappa shape index (κ2) is 9.24. The average Bonchev–Trinajstić information content (AvgIpc) is 3.19. The fourth-order valence-electron chi connectivity index (χ4n) is 3.45. The molecule has 0 aliphatic carbocycles. The monoisotopic (exact) mass is 361 g/mol. The van der Waals surface area contributed by atoms with Crippen LogP contribution in [0.3, 0.4) is 0 Å². The second-order valence-electron chi connectivity index (χ2n) is 7.08. The summed E-state index contributed by atoms with van der Waals surface area (Å²) >= 11 is 0. The number of nitrogens with zero attached hydrogens (tertiary/aromatic N) is 2. The van der Waals surface area contributed by atoms with Gasteiger partial charge in [-0.25, -0.2) is 0 Å². The molecule has 3 unspecified atom stereocenters. The Kier molecular flexibility index (Phi) is 6.74. The fraction of sp³-hybridized carbons (Fsp3) is 0.650. The zero-order chi connectivity index (χ0) is 18.4. The van der Waals surface area contributed by atoms with E-state index in [0.717, 1.165) is 44.2 Å². The number of hydrogen-bond acceptors (Lipinski definition) is 4. The molecule has 2 heterocycles. The number of hydrogen-bond donors (Lipinski definition) is 1. The van der Waals surface area contributed by atoms with Crippen molar-refractivity contribution in [1.82, 2.24) is 10.2 Å². The molecule has 3 atom stereocenters. The van der Waals surface area contributed by atoms with E-state index in [9.17, 15) is 0 Å². The lowest BCUT2D eigenvalue weighted by Gasteiger charge is -2.37. The van der Waals surface area contributed by atoms with Gasteiger partial charge in [0, 0.05) is 26.7 Å². The third kappa shape index (κ3) is 5.11. The number of aryl methyl sites for hydroxylation is 1. The molecule has 6 nitrogen and oxygen atoms in total. The van der Waals surface area contributed by atoms with Gasteiger partial charge in [0.05, 0.1) is 19.3 Å². The Balaban J connectivity index is 1.48. The average molecular weight is 361 g/mol. The van der Waals surface area contributed by atoms with E-state index in [1.807, 2.05) is 19.2 Å². The van der Waals surface area contributed by atoms with Crippen molar-refractivity contribution in [2.75, 3.05) is 39.9 Å². The Morgan fingerprint density at radius 3 is 2.73 bits per heavy atom. The smallest absolute Gasteiger partial charge is 0.193 e. The molecule has 2 aliphatic heterocycles. The molecule has 0 aromatic heterocycles. The van der Waals surface area contributed by atoms with E-state index in [0.29, 0.717) is 13.2 Å². The third-order valence-electron chi connectivity index (χ3n) is 4.89. The summed E-state index contributed by atoms with van der Waals surface area (Å²) in [7, 11) is 1.82. The molecular formula is C20H31N3O3. The predicted octanol–water partition coefficient (Wildman–Crippen LogP) is 2.22. The van der Waals surface area contributed by atoms with Crippen molar-refractivity contribution in [2.24, 2.45) is 4.99 Å². The van der Waals surface area contributed by atoms with Crippen LogP contribution in [0.15, 0.2) is 29.3 Å². The lowest BCUT2D eigenvalue weighted by Crippen LogP contribution is -2.54. The summed E-state index contributed by atoms with van der Waals surface area (Å²) in [5.74, 6) is 1.79. The maximum atomic E-state index is 5.97. The quantitative estimate of drug-likeness (QED) is 0.644. The molecule has 0 spiro atoms. The van der Waals surface area contributed by atoms with E-state index in [4.69, 9.17) is 14.2 Å². The molecule has 2 fully saturated rings. The van der Waals surface area contributed by atoms with Gasteiger partial charge >= 0.3 is 0 Å². The zero-order valence-electron chi connectivity index (χ0n) is 16.1. The highest BCUT2D eigenvalue weighted by Crippen LogP contribution is 2.21. The topological polar surface area (TPSA) is 55.3 Å². The van der Waals surface area contributed by atoms with Crippen LogP contribution in [-0.4, -0.2) is 69.1 Å². The van der Waals surface area contributed by atoms with E-state index < -0.39 is 0 Å². The Bertz CT molecular complexity index is 584. The van der Waals surface area contributed by atoms with Gasteiger partial charge < -0.3 is 24.4 Å². The van der Waals surface area contributed by atoms with Crippen LogP contribution in [0.1, 0.15) is 25.3 Å². The van der Waals surface area contributed by atoms with Crippen molar-refractivity contribution in [2.45, 2.75) is 45.0 Å². The lowest BCUT2D eigenvalue weighted by atomic mass is 10.1. The third-order valence-corrected chi connectivity index (χ3v) is 4.89. The lowest BCUT2D eigenvalue weighted by molar-refractivity contribution is -0.0817. The van der Waals surface area contributed by atoms with E-state index >= 15 is 0 Å². The van der Waals surface area contributed by atoms with Crippen molar-refractivity contribution in [1.29, 1.82) is 0 Å². The minimum absolute atomic E-state index is 0.0458. The van der Waals surface area contributed by atoms with Crippen LogP contribution >= 0.6 is 0 Å². The van der Waals surface area contributed by atoms with Gasteiger partial charge in [0.15, 0.2) is 5.96 Å². The van der Waals surface area contributed by atoms with Crippen molar-refractivity contribution >= 4 is 5.96 Å². The molecule has 1 N–H and O–H groups in total. The maximum absolute atomic E-state index is 5.97. The summed E-state index contributed by atoms with van der Waals surface area (Å²) in [6.07, 6.45) is 2.62. The van der Waals surface area contributed by atoms with Crippen LogP contribution in [0.2, 0.25) is 0 Å². The van der Waals surface area contributed by atoms with E-state index in [1.54, 1.807) is 0 Å². The molecule has 1 aromatic carbocycles. The molecule has 2 saturated heterocycles. The highest BCUT2D eigenvalue weighted by atomic mass is 16.5. The molecule has 2 aliphatic rings. The van der Waals surface area contributed by atoms with Crippen LogP contribution in [0.5, 0.6) is 5.75 Å². The van der Waals surface area contributed by atoms with Gasteiger partial charge in [-0.3, -0.25) is 4.99 Å². The summed E-state index contributed by atoms with van der Waals surface area (Å²) < 4.78 is 17.7. The second-order valence-corrected chi connectivity index (χ2v) is 7.08. The molecular weight excluding hydrogens is 330 g/mol. The van der Waals surface area contributed by atoms with Crippen molar-refractivity contribution in [3.05, 3.63) is 29.8 Å².